The van der Waals surface area contributed by atoms with Crippen molar-refractivity contribution in [1.29, 1.82) is 0 Å². The van der Waals surface area contributed by atoms with Crippen LogP contribution in [0.1, 0.15) is 12.1 Å². The van der Waals surface area contributed by atoms with Crippen LogP contribution in [0.2, 0.25) is 0 Å². The van der Waals surface area contributed by atoms with Crippen molar-refractivity contribution in [1.82, 2.24) is 15.0 Å². The fourth-order valence-electron chi connectivity index (χ4n) is 1.27. The minimum Gasteiger partial charge on any atom is -0.369 e. The van der Waals surface area contributed by atoms with Crippen LogP contribution in [-0.4, -0.2) is 21.5 Å². The number of aryl methyl sites for hydroxylation is 1. The first-order chi connectivity index (χ1) is 5.42. The molecule has 0 saturated carbocycles. The van der Waals surface area contributed by atoms with E-state index in [2.05, 4.69) is 15.6 Å². The van der Waals surface area contributed by atoms with E-state index in [9.17, 15) is 0 Å². The summed E-state index contributed by atoms with van der Waals surface area (Å²) in [6.07, 6.45) is 1.11. The molecule has 1 aromatic heterocycles. The molecular weight excluding hydrogens is 142 g/mol. The number of fused-ring (bicyclic) bond motifs is 1. The summed E-state index contributed by atoms with van der Waals surface area (Å²) in [6, 6.07) is 0. The Morgan fingerprint density at radius 1 is 1.64 bits per heavy atom. The van der Waals surface area contributed by atoms with Crippen LogP contribution < -0.4 is 11.1 Å². The maximum atomic E-state index is 5.46. The molecule has 0 spiro atoms. The average Bonchev–Trinajstić information content (AvgIpc) is 2.47. The zero-order valence-corrected chi connectivity index (χ0v) is 6.25. The van der Waals surface area contributed by atoms with Gasteiger partial charge < -0.3 is 11.1 Å². The van der Waals surface area contributed by atoms with Crippen molar-refractivity contribution in [3.8, 4) is 0 Å². The molecular formula is C6H11N5. The SMILES string of the molecule is NCc1nnn2c1NCCC2. The average molecular weight is 153 g/mol. The number of rotatable bonds is 1. The lowest BCUT2D eigenvalue weighted by atomic mass is 10.3. The van der Waals surface area contributed by atoms with Crippen molar-refractivity contribution in [2.24, 2.45) is 5.73 Å². The molecule has 5 nitrogen and oxygen atoms in total. The molecule has 2 rings (SSSR count). The van der Waals surface area contributed by atoms with Gasteiger partial charge in [0.05, 0.1) is 0 Å². The van der Waals surface area contributed by atoms with Gasteiger partial charge in [-0.2, -0.15) is 0 Å². The van der Waals surface area contributed by atoms with Crippen LogP contribution in [0, 0.1) is 0 Å². The molecule has 0 aromatic carbocycles. The third-order valence-corrected chi connectivity index (χ3v) is 1.84. The van der Waals surface area contributed by atoms with E-state index >= 15 is 0 Å². The Bertz CT molecular complexity index is 240. The second-order valence-electron chi connectivity index (χ2n) is 2.59. The van der Waals surface area contributed by atoms with Gasteiger partial charge in [-0.15, -0.1) is 5.10 Å². The van der Waals surface area contributed by atoms with Gasteiger partial charge in [0.25, 0.3) is 0 Å². The van der Waals surface area contributed by atoms with E-state index in [1.165, 1.54) is 0 Å². The van der Waals surface area contributed by atoms with Gasteiger partial charge in [-0.3, -0.25) is 0 Å². The first-order valence-corrected chi connectivity index (χ1v) is 3.78. The number of hydrogen-bond donors (Lipinski definition) is 2. The van der Waals surface area contributed by atoms with Crippen LogP contribution in [0.5, 0.6) is 0 Å². The molecule has 0 unspecified atom stereocenters. The molecule has 2 heterocycles. The molecule has 11 heavy (non-hydrogen) atoms. The predicted molar refractivity (Wildman–Crippen MR) is 41.0 cm³/mol. The van der Waals surface area contributed by atoms with Crippen LogP contribution in [0.4, 0.5) is 5.82 Å². The molecule has 0 atom stereocenters. The molecule has 0 radical (unpaired) electrons. The van der Waals surface area contributed by atoms with Crippen LogP contribution in [0.15, 0.2) is 0 Å². The highest BCUT2D eigenvalue weighted by Gasteiger charge is 2.13. The van der Waals surface area contributed by atoms with Crippen molar-refractivity contribution in [2.45, 2.75) is 19.5 Å². The van der Waals surface area contributed by atoms with Crippen molar-refractivity contribution < 1.29 is 0 Å². The summed E-state index contributed by atoms with van der Waals surface area (Å²) >= 11 is 0. The maximum absolute atomic E-state index is 5.46. The Labute approximate surface area is 64.6 Å². The second kappa shape index (κ2) is 2.50. The fraction of sp³-hybridized carbons (Fsp3) is 0.667. The number of anilines is 1. The molecule has 0 amide bonds. The van der Waals surface area contributed by atoms with Crippen LogP contribution in [0.25, 0.3) is 0 Å². The topological polar surface area (TPSA) is 68.8 Å². The highest BCUT2D eigenvalue weighted by Crippen LogP contribution is 2.15. The van der Waals surface area contributed by atoms with Crippen molar-refractivity contribution in [3.05, 3.63) is 5.69 Å². The molecule has 0 bridgehead atoms. The lowest BCUT2D eigenvalue weighted by Gasteiger charge is -2.14. The summed E-state index contributed by atoms with van der Waals surface area (Å²) in [4.78, 5) is 0. The Kier molecular flexibility index (Phi) is 1.50. The summed E-state index contributed by atoms with van der Waals surface area (Å²) in [5, 5.41) is 11.1. The van der Waals surface area contributed by atoms with Crippen LogP contribution in [-0.2, 0) is 13.1 Å². The van der Waals surface area contributed by atoms with Gasteiger partial charge in [-0.25, -0.2) is 4.68 Å². The molecule has 0 aliphatic carbocycles. The maximum Gasteiger partial charge on any atom is 0.149 e. The number of hydrogen-bond acceptors (Lipinski definition) is 4. The third-order valence-electron chi connectivity index (χ3n) is 1.84. The summed E-state index contributed by atoms with van der Waals surface area (Å²) < 4.78 is 1.87. The summed E-state index contributed by atoms with van der Waals surface area (Å²) in [6.45, 7) is 2.41. The van der Waals surface area contributed by atoms with Gasteiger partial charge in [-0.05, 0) is 6.42 Å². The molecule has 5 heteroatoms. The van der Waals surface area contributed by atoms with Gasteiger partial charge in [0.1, 0.15) is 11.5 Å². The van der Waals surface area contributed by atoms with E-state index in [0.29, 0.717) is 6.54 Å². The normalized spacial score (nSPS) is 15.7. The molecule has 3 N–H and O–H groups in total. The van der Waals surface area contributed by atoms with E-state index in [1.807, 2.05) is 4.68 Å². The monoisotopic (exact) mass is 153 g/mol. The van der Waals surface area contributed by atoms with Gasteiger partial charge in [0.15, 0.2) is 0 Å². The highest BCUT2D eigenvalue weighted by molar-refractivity contribution is 5.40. The standard InChI is InChI=1S/C6H11N5/c7-4-5-6-8-2-1-3-11(6)10-9-5/h8H,1-4,7H2. The minimum absolute atomic E-state index is 0.461. The van der Waals surface area contributed by atoms with E-state index < -0.39 is 0 Å². The summed E-state index contributed by atoms with van der Waals surface area (Å²) in [5.41, 5.74) is 6.33. The zero-order chi connectivity index (χ0) is 7.68. The van der Waals surface area contributed by atoms with E-state index in [4.69, 9.17) is 5.73 Å². The quantitative estimate of drug-likeness (QED) is 0.573. The molecule has 1 aliphatic rings. The first-order valence-electron chi connectivity index (χ1n) is 3.78. The fourth-order valence-corrected chi connectivity index (χ4v) is 1.27. The Hall–Kier alpha value is -1.10. The number of nitrogens with one attached hydrogen (secondary N) is 1. The summed E-state index contributed by atoms with van der Waals surface area (Å²) in [5.74, 6) is 0.999. The van der Waals surface area contributed by atoms with E-state index in [0.717, 1.165) is 31.0 Å². The Morgan fingerprint density at radius 2 is 2.55 bits per heavy atom. The van der Waals surface area contributed by atoms with Crippen LogP contribution >= 0.6 is 0 Å². The molecule has 60 valence electrons. The van der Waals surface area contributed by atoms with Crippen LogP contribution in [0.3, 0.4) is 0 Å². The largest absolute Gasteiger partial charge is 0.369 e. The lowest BCUT2D eigenvalue weighted by Crippen LogP contribution is -2.18. The van der Waals surface area contributed by atoms with Gasteiger partial charge in [0, 0.05) is 19.6 Å². The second-order valence-corrected chi connectivity index (χ2v) is 2.59. The molecule has 1 aromatic rings. The Morgan fingerprint density at radius 3 is 3.36 bits per heavy atom. The first kappa shape index (κ1) is 6.60. The van der Waals surface area contributed by atoms with Crippen molar-refractivity contribution in [2.75, 3.05) is 11.9 Å². The molecule has 0 fully saturated rings. The van der Waals surface area contributed by atoms with Gasteiger partial charge >= 0.3 is 0 Å². The number of nitrogens with zero attached hydrogens (tertiary/aromatic N) is 3. The molecule has 1 aliphatic heterocycles. The lowest BCUT2D eigenvalue weighted by molar-refractivity contribution is 0.549. The van der Waals surface area contributed by atoms with Gasteiger partial charge in [-0.1, -0.05) is 5.21 Å². The highest BCUT2D eigenvalue weighted by atomic mass is 15.5. The van der Waals surface area contributed by atoms with Crippen molar-refractivity contribution >= 4 is 5.82 Å². The minimum atomic E-state index is 0.461. The smallest absolute Gasteiger partial charge is 0.149 e. The van der Waals surface area contributed by atoms with Gasteiger partial charge in [0.2, 0.25) is 0 Å². The Balaban J connectivity index is 2.38. The van der Waals surface area contributed by atoms with E-state index in [1.54, 1.807) is 0 Å². The zero-order valence-electron chi connectivity index (χ0n) is 6.25. The number of nitrogens with two attached hydrogens (primary N) is 1. The van der Waals surface area contributed by atoms with E-state index in [-0.39, 0.29) is 0 Å². The van der Waals surface area contributed by atoms with Crippen molar-refractivity contribution in [3.63, 3.8) is 0 Å². The molecule has 0 saturated heterocycles. The number of aromatic nitrogens is 3. The third kappa shape index (κ3) is 0.970. The summed E-state index contributed by atoms with van der Waals surface area (Å²) in [7, 11) is 0. The predicted octanol–water partition coefficient (Wildman–Crippen LogP) is -0.448.